The molecule has 1 aromatic rings. The molecule has 0 aromatic heterocycles. The second-order valence-electron chi connectivity index (χ2n) is 4.49. The van der Waals surface area contributed by atoms with E-state index in [1.165, 1.54) is 14.0 Å². The van der Waals surface area contributed by atoms with Gasteiger partial charge in [0.15, 0.2) is 0 Å². The number of amides is 3. The first-order valence-corrected chi connectivity index (χ1v) is 5.58. The SMILES string of the molecule is CC(=O)Nc1c(C)cc(C)c2c1C(=O)N(C)C2=O. The van der Waals surface area contributed by atoms with Gasteiger partial charge in [0.05, 0.1) is 16.8 Å². The third kappa shape index (κ3) is 1.59. The number of hydrogen-bond acceptors (Lipinski definition) is 3. The molecule has 0 unspecified atom stereocenters. The van der Waals surface area contributed by atoms with Gasteiger partial charge in [-0.25, -0.2) is 0 Å². The smallest absolute Gasteiger partial charge is 0.263 e. The largest absolute Gasteiger partial charge is 0.325 e. The maximum Gasteiger partial charge on any atom is 0.263 e. The summed E-state index contributed by atoms with van der Waals surface area (Å²) in [6.45, 7) is 4.96. The number of fused-ring (bicyclic) bond motifs is 1. The minimum Gasteiger partial charge on any atom is -0.325 e. The van der Waals surface area contributed by atoms with Crippen LogP contribution in [0.25, 0.3) is 0 Å². The molecule has 1 aliphatic rings. The number of benzene rings is 1. The van der Waals surface area contributed by atoms with Crippen molar-refractivity contribution in [2.75, 3.05) is 12.4 Å². The molecule has 18 heavy (non-hydrogen) atoms. The van der Waals surface area contributed by atoms with Gasteiger partial charge in [-0.2, -0.15) is 0 Å². The van der Waals surface area contributed by atoms with E-state index in [-0.39, 0.29) is 17.7 Å². The molecule has 2 rings (SSSR count). The van der Waals surface area contributed by atoms with Crippen LogP contribution in [0.4, 0.5) is 5.69 Å². The minimum absolute atomic E-state index is 0.265. The van der Waals surface area contributed by atoms with Gasteiger partial charge >= 0.3 is 0 Å². The average molecular weight is 246 g/mol. The van der Waals surface area contributed by atoms with Gasteiger partial charge in [-0.1, -0.05) is 6.07 Å². The lowest BCUT2D eigenvalue weighted by Gasteiger charge is -2.12. The van der Waals surface area contributed by atoms with E-state index in [1.54, 1.807) is 19.9 Å². The Bertz CT molecular complexity index is 590. The fourth-order valence-electron chi connectivity index (χ4n) is 2.24. The molecular weight excluding hydrogens is 232 g/mol. The molecule has 5 heteroatoms. The lowest BCUT2D eigenvalue weighted by Crippen LogP contribution is -2.24. The fraction of sp³-hybridized carbons (Fsp3) is 0.308. The first kappa shape index (κ1) is 12.3. The lowest BCUT2D eigenvalue weighted by atomic mass is 9.98. The third-order valence-electron chi connectivity index (χ3n) is 3.06. The molecule has 1 aromatic carbocycles. The maximum atomic E-state index is 12.1. The number of nitrogens with zero attached hydrogens (tertiary/aromatic N) is 1. The zero-order valence-electron chi connectivity index (χ0n) is 10.7. The van der Waals surface area contributed by atoms with Crippen LogP contribution in [0.5, 0.6) is 0 Å². The Morgan fingerprint density at radius 1 is 1.11 bits per heavy atom. The number of rotatable bonds is 1. The van der Waals surface area contributed by atoms with Gasteiger partial charge in [0.25, 0.3) is 11.8 Å². The van der Waals surface area contributed by atoms with Crippen LogP contribution in [0, 0.1) is 13.8 Å². The Kier molecular flexibility index (Phi) is 2.69. The number of aryl methyl sites for hydroxylation is 2. The summed E-state index contributed by atoms with van der Waals surface area (Å²) in [4.78, 5) is 36.3. The predicted octanol–water partition coefficient (Wildman–Crippen LogP) is 1.49. The molecule has 0 saturated carbocycles. The molecule has 1 heterocycles. The Balaban J connectivity index is 2.75. The highest BCUT2D eigenvalue weighted by atomic mass is 16.2. The molecule has 0 aliphatic carbocycles. The highest BCUT2D eigenvalue weighted by molar-refractivity contribution is 6.25. The van der Waals surface area contributed by atoms with Crippen molar-refractivity contribution in [1.29, 1.82) is 0 Å². The van der Waals surface area contributed by atoms with Crippen LogP contribution >= 0.6 is 0 Å². The first-order chi connectivity index (χ1) is 8.34. The van der Waals surface area contributed by atoms with Gasteiger partial charge in [-0.15, -0.1) is 0 Å². The second-order valence-corrected chi connectivity index (χ2v) is 4.49. The van der Waals surface area contributed by atoms with E-state index in [0.29, 0.717) is 16.8 Å². The monoisotopic (exact) mass is 246 g/mol. The minimum atomic E-state index is -0.370. The summed E-state index contributed by atoms with van der Waals surface area (Å²) >= 11 is 0. The third-order valence-corrected chi connectivity index (χ3v) is 3.06. The maximum absolute atomic E-state index is 12.1. The molecule has 1 N–H and O–H groups in total. The van der Waals surface area contributed by atoms with Crippen molar-refractivity contribution in [3.8, 4) is 0 Å². The van der Waals surface area contributed by atoms with E-state index < -0.39 is 0 Å². The lowest BCUT2D eigenvalue weighted by molar-refractivity contribution is -0.114. The Morgan fingerprint density at radius 3 is 2.22 bits per heavy atom. The fourth-order valence-corrected chi connectivity index (χ4v) is 2.24. The van der Waals surface area contributed by atoms with Gasteiger partial charge in [0.2, 0.25) is 5.91 Å². The molecule has 5 nitrogen and oxygen atoms in total. The summed E-state index contributed by atoms with van der Waals surface area (Å²) in [5, 5.41) is 2.63. The summed E-state index contributed by atoms with van der Waals surface area (Å²) in [6.07, 6.45) is 0. The quantitative estimate of drug-likeness (QED) is 0.763. The number of nitrogens with one attached hydrogen (secondary N) is 1. The van der Waals surface area contributed by atoms with E-state index in [9.17, 15) is 14.4 Å². The summed E-state index contributed by atoms with van der Waals surface area (Å²) < 4.78 is 0. The van der Waals surface area contributed by atoms with Crippen LogP contribution in [0.3, 0.4) is 0 Å². The van der Waals surface area contributed by atoms with E-state index >= 15 is 0 Å². The molecule has 0 atom stereocenters. The highest BCUT2D eigenvalue weighted by Gasteiger charge is 2.37. The summed E-state index contributed by atoms with van der Waals surface area (Å²) in [5.74, 6) is -0.955. The molecular formula is C13H14N2O3. The number of carbonyl (C=O) groups excluding carboxylic acids is 3. The molecule has 0 radical (unpaired) electrons. The van der Waals surface area contributed by atoms with Crippen LogP contribution in [0.15, 0.2) is 6.07 Å². The molecule has 0 bridgehead atoms. The van der Waals surface area contributed by atoms with Crippen LogP contribution in [-0.2, 0) is 4.79 Å². The van der Waals surface area contributed by atoms with Crippen molar-refractivity contribution < 1.29 is 14.4 Å². The van der Waals surface area contributed by atoms with E-state index in [1.807, 2.05) is 0 Å². The Morgan fingerprint density at radius 2 is 1.67 bits per heavy atom. The summed E-state index contributed by atoms with van der Waals surface area (Å²) in [6, 6.07) is 1.80. The van der Waals surface area contributed by atoms with Crippen molar-refractivity contribution in [3.05, 3.63) is 28.3 Å². The van der Waals surface area contributed by atoms with E-state index in [0.717, 1.165) is 16.0 Å². The van der Waals surface area contributed by atoms with E-state index in [4.69, 9.17) is 0 Å². The number of imide groups is 1. The number of carbonyl (C=O) groups is 3. The Labute approximate surface area is 105 Å². The van der Waals surface area contributed by atoms with Crippen molar-refractivity contribution in [2.45, 2.75) is 20.8 Å². The van der Waals surface area contributed by atoms with E-state index in [2.05, 4.69) is 5.32 Å². The Hall–Kier alpha value is -2.17. The van der Waals surface area contributed by atoms with Crippen LogP contribution in [0.1, 0.15) is 38.8 Å². The highest BCUT2D eigenvalue weighted by Crippen LogP contribution is 2.33. The molecule has 1 aliphatic heterocycles. The van der Waals surface area contributed by atoms with Crippen molar-refractivity contribution in [2.24, 2.45) is 0 Å². The first-order valence-electron chi connectivity index (χ1n) is 5.58. The normalized spacial score (nSPS) is 13.9. The van der Waals surface area contributed by atoms with Crippen molar-refractivity contribution in [3.63, 3.8) is 0 Å². The zero-order chi connectivity index (χ0) is 13.6. The molecule has 94 valence electrons. The van der Waals surface area contributed by atoms with Crippen LogP contribution < -0.4 is 5.32 Å². The molecule has 0 saturated heterocycles. The van der Waals surface area contributed by atoms with Gasteiger partial charge < -0.3 is 5.32 Å². The van der Waals surface area contributed by atoms with Gasteiger partial charge in [0.1, 0.15) is 0 Å². The van der Waals surface area contributed by atoms with Crippen LogP contribution in [-0.4, -0.2) is 29.7 Å². The molecule has 3 amide bonds. The van der Waals surface area contributed by atoms with Gasteiger partial charge in [-0.05, 0) is 25.0 Å². The van der Waals surface area contributed by atoms with Crippen molar-refractivity contribution >= 4 is 23.4 Å². The summed E-state index contributed by atoms with van der Waals surface area (Å²) in [7, 11) is 1.44. The van der Waals surface area contributed by atoms with Gasteiger partial charge in [0, 0.05) is 14.0 Å². The number of anilines is 1. The molecule has 0 spiro atoms. The standard InChI is InChI=1S/C13H14N2O3/c1-6-5-7(2)11(14-8(3)16)10-9(6)12(17)15(4)13(10)18/h5H,1-4H3,(H,14,16). The number of hydrogen-bond donors (Lipinski definition) is 1. The topological polar surface area (TPSA) is 66.5 Å². The second kappa shape index (κ2) is 3.94. The van der Waals surface area contributed by atoms with Crippen LogP contribution in [0.2, 0.25) is 0 Å². The zero-order valence-corrected chi connectivity index (χ0v) is 10.7. The molecule has 0 fully saturated rings. The average Bonchev–Trinajstić information content (AvgIpc) is 2.49. The summed E-state index contributed by atoms with van der Waals surface area (Å²) in [5.41, 5.74) is 2.65. The van der Waals surface area contributed by atoms with Gasteiger partial charge in [-0.3, -0.25) is 19.3 Å². The van der Waals surface area contributed by atoms with Crippen molar-refractivity contribution in [1.82, 2.24) is 4.90 Å². The predicted molar refractivity (Wildman–Crippen MR) is 66.6 cm³/mol.